The summed E-state index contributed by atoms with van der Waals surface area (Å²) >= 11 is 5.75. The highest BCUT2D eigenvalue weighted by Gasteiger charge is 2.47. The molecular weight excluding hydrogens is 344 g/mol. The number of hydrogen-bond acceptors (Lipinski definition) is 4. The van der Waals surface area contributed by atoms with Crippen molar-refractivity contribution in [2.24, 2.45) is 0 Å². The number of nitrogens with one attached hydrogen (secondary N) is 2. The van der Waals surface area contributed by atoms with Crippen molar-refractivity contribution in [3.8, 4) is 0 Å². The van der Waals surface area contributed by atoms with E-state index < -0.39 is 11.6 Å². The topological polar surface area (TPSA) is 91.4 Å². The van der Waals surface area contributed by atoms with Crippen LogP contribution in [0.2, 0.25) is 5.02 Å². The van der Waals surface area contributed by atoms with Crippen LogP contribution in [0, 0.1) is 0 Å². The number of carbonyl (C=O) groups excluding carboxylic acids is 3. The Labute approximate surface area is 149 Å². The molecule has 0 radical (unpaired) electrons. The van der Waals surface area contributed by atoms with Crippen molar-refractivity contribution in [2.75, 3.05) is 12.4 Å². The van der Waals surface area contributed by atoms with Crippen molar-refractivity contribution in [1.29, 1.82) is 0 Å². The highest BCUT2D eigenvalue weighted by molar-refractivity contribution is 6.30. The third kappa shape index (κ3) is 3.06. The van der Waals surface area contributed by atoms with Gasteiger partial charge in [-0.25, -0.2) is 9.78 Å². The van der Waals surface area contributed by atoms with Gasteiger partial charge in [-0.05, 0) is 36.8 Å². The van der Waals surface area contributed by atoms with Gasteiger partial charge in [-0.15, -0.1) is 0 Å². The summed E-state index contributed by atoms with van der Waals surface area (Å²) in [5, 5.41) is 5.82. The quantitative estimate of drug-likeness (QED) is 0.824. The summed E-state index contributed by atoms with van der Waals surface area (Å²) in [4.78, 5) is 41.1. The number of benzene rings is 1. The molecule has 1 unspecified atom stereocenters. The molecule has 2 N–H and O–H groups in total. The first kappa shape index (κ1) is 16.9. The second-order valence-corrected chi connectivity index (χ2v) is 6.25. The third-order valence-corrected chi connectivity index (χ3v) is 4.30. The van der Waals surface area contributed by atoms with Gasteiger partial charge in [-0.2, -0.15) is 0 Å². The van der Waals surface area contributed by atoms with E-state index in [9.17, 15) is 14.4 Å². The monoisotopic (exact) mass is 358 g/mol. The number of likely N-dealkylation sites (N-methyl/N-ethyl adjacent to an activating group) is 1. The molecule has 0 bridgehead atoms. The normalized spacial score (nSPS) is 19.7. The number of imide groups is 1. The number of aromatic nitrogens is 1. The summed E-state index contributed by atoms with van der Waals surface area (Å²) < 4.78 is 0. The molecule has 2 heterocycles. The number of halogens is 1. The second kappa shape index (κ2) is 6.18. The molecule has 1 aromatic carbocycles. The molecule has 2 aromatic rings. The van der Waals surface area contributed by atoms with E-state index in [-0.39, 0.29) is 17.5 Å². The average molecular weight is 359 g/mol. The van der Waals surface area contributed by atoms with Gasteiger partial charge in [0, 0.05) is 18.9 Å². The minimum absolute atomic E-state index is 0.236. The van der Waals surface area contributed by atoms with Crippen LogP contribution in [-0.2, 0) is 10.3 Å². The zero-order chi connectivity index (χ0) is 18.2. The zero-order valence-electron chi connectivity index (χ0n) is 13.5. The molecule has 1 aromatic heterocycles. The van der Waals surface area contributed by atoms with Crippen molar-refractivity contribution in [3.05, 3.63) is 58.9 Å². The van der Waals surface area contributed by atoms with E-state index in [2.05, 4.69) is 15.6 Å². The predicted octanol–water partition coefficient (Wildman–Crippen LogP) is 2.38. The first-order valence-corrected chi connectivity index (χ1v) is 7.83. The number of hydrogen-bond donors (Lipinski definition) is 2. The van der Waals surface area contributed by atoms with E-state index in [1.54, 1.807) is 37.3 Å². The lowest BCUT2D eigenvalue weighted by atomic mass is 9.92. The number of nitrogens with zero attached hydrogens (tertiary/aromatic N) is 2. The first-order valence-electron chi connectivity index (χ1n) is 7.45. The van der Waals surface area contributed by atoms with Crippen molar-refractivity contribution in [1.82, 2.24) is 15.2 Å². The molecule has 1 atom stereocenters. The Hall–Kier alpha value is -2.93. The maximum atomic E-state index is 12.3. The van der Waals surface area contributed by atoms with E-state index in [0.29, 0.717) is 16.3 Å². The standard InChI is InChI=1S/C17H15ClN4O3/c1-17(15(24)22(2)16(25)21-17)10-3-6-12(7-4-10)20-14(23)13-8-5-11(18)9-19-13/h3-9H,1-2H3,(H,20,23)(H,21,25). The van der Waals surface area contributed by atoms with Gasteiger partial charge < -0.3 is 10.6 Å². The minimum atomic E-state index is -1.12. The largest absolute Gasteiger partial charge is 0.325 e. The van der Waals surface area contributed by atoms with Crippen LogP contribution in [0.25, 0.3) is 0 Å². The molecule has 7 nitrogen and oxygen atoms in total. The van der Waals surface area contributed by atoms with Crippen LogP contribution < -0.4 is 10.6 Å². The lowest BCUT2D eigenvalue weighted by Gasteiger charge is -2.21. The molecule has 1 aliphatic rings. The molecule has 25 heavy (non-hydrogen) atoms. The number of carbonyl (C=O) groups is 3. The molecule has 128 valence electrons. The highest BCUT2D eigenvalue weighted by Crippen LogP contribution is 2.28. The fourth-order valence-electron chi connectivity index (χ4n) is 2.57. The lowest BCUT2D eigenvalue weighted by molar-refractivity contribution is -0.130. The van der Waals surface area contributed by atoms with Crippen molar-refractivity contribution < 1.29 is 14.4 Å². The van der Waals surface area contributed by atoms with Gasteiger partial charge >= 0.3 is 6.03 Å². The molecule has 3 rings (SSSR count). The summed E-state index contributed by atoms with van der Waals surface area (Å²) in [6, 6.07) is 9.34. The summed E-state index contributed by atoms with van der Waals surface area (Å²) in [7, 11) is 1.43. The summed E-state index contributed by atoms with van der Waals surface area (Å²) in [6.07, 6.45) is 1.39. The van der Waals surface area contributed by atoms with E-state index in [4.69, 9.17) is 11.6 Å². The Kier molecular flexibility index (Phi) is 4.18. The average Bonchev–Trinajstić information content (AvgIpc) is 2.80. The summed E-state index contributed by atoms with van der Waals surface area (Å²) in [6.45, 7) is 1.64. The Morgan fingerprint density at radius 1 is 1.20 bits per heavy atom. The predicted molar refractivity (Wildman–Crippen MR) is 92.3 cm³/mol. The Morgan fingerprint density at radius 2 is 1.88 bits per heavy atom. The Balaban J connectivity index is 1.77. The summed E-state index contributed by atoms with van der Waals surface area (Å²) in [5.41, 5.74) is 0.281. The maximum Gasteiger partial charge on any atom is 0.325 e. The van der Waals surface area contributed by atoms with Crippen LogP contribution in [0.15, 0.2) is 42.6 Å². The van der Waals surface area contributed by atoms with Crippen molar-refractivity contribution >= 4 is 35.1 Å². The third-order valence-electron chi connectivity index (χ3n) is 4.07. The number of amides is 4. The van der Waals surface area contributed by atoms with Crippen LogP contribution in [0.1, 0.15) is 23.0 Å². The van der Waals surface area contributed by atoms with Gasteiger partial charge in [0.2, 0.25) is 0 Å². The van der Waals surface area contributed by atoms with Crippen LogP contribution in [0.3, 0.4) is 0 Å². The van der Waals surface area contributed by atoms with E-state index in [0.717, 1.165) is 4.90 Å². The number of urea groups is 1. The molecular formula is C17H15ClN4O3. The van der Waals surface area contributed by atoms with Crippen LogP contribution in [0.5, 0.6) is 0 Å². The molecule has 1 saturated heterocycles. The zero-order valence-corrected chi connectivity index (χ0v) is 14.3. The molecule has 0 spiro atoms. The van der Waals surface area contributed by atoms with Gasteiger partial charge in [0.05, 0.1) is 5.02 Å². The van der Waals surface area contributed by atoms with Crippen molar-refractivity contribution in [3.63, 3.8) is 0 Å². The summed E-state index contributed by atoms with van der Waals surface area (Å²) in [5.74, 6) is -0.708. The Morgan fingerprint density at radius 3 is 2.40 bits per heavy atom. The number of rotatable bonds is 3. The van der Waals surface area contributed by atoms with Gasteiger partial charge in [-0.3, -0.25) is 14.5 Å². The van der Waals surface area contributed by atoms with Gasteiger partial charge in [-0.1, -0.05) is 23.7 Å². The van der Waals surface area contributed by atoms with E-state index >= 15 is 0 Å². The molecule has 0 aliphatic carbocycles. The van der Waals surface area contributed by atoms with Gasteiger partial charge in [0.15, 0.2) is 0 Å². The van der Waals surface area contributed by atoms with Crippen LogP contribution in [-0.4, -0.2) is 34.8 Å². The van der Waals surface area contributed by atoms with Gasteiger partial charge in [0.1, 0.15) is 11.2 Å². The molecule has 4 amide bonds. The van der Waals surface area contributed by atoms with Crippen LogP contribution >= 0.6 is 11.6 Å². The lowest BCUT2D eigenvalue weighted by Crippen LogP contribution is -2.40. The molecule has 0 saturated carbocycles. The number of pyridine rings is 1. The maximum absolute atomic E-state index is 12.3. The van der Waals surface area contributed by atoms with Gasteiger partial charge in [0.25, 0.3) is 11.8 Å². The SMILES string of the molecule is CN1C(=O)NC(C)(c2ccc(NC(=O)c3ccc(Cl)cn3)cc2)C1=O. The van der Waals surface area contributed by atoms with Crippen molar-refractivity contribution in [2.45, 2.75) is 12.5 Å². The Bertz CT molecular complexity index is 851. The fourth-order valence-corrected chi connectivity index (χ4v) is 2.68. The number of anilines is 1. The second-order valence-electron chi connectivity index (χ2n) is 5.81. The first-order chi connectivity index (χ1) is 11.8. The van der Waals surface area contributed by atoms with E-state index in [1.807, 2.05) is 0 Å². The molecule has 8 heteroatoms. The van der Waals surface area contributed by atoms with Crippen LogP contribution in [0.4, 0.5) is 10.5 Å². The fraction of sp³-hybridized carbons (Fsp3) is 0.176. The molecule has 1 aliphatic heterocycles. The minimum Gasteiger partial charge on any atom is -0.321 e. The molecule has 1 fully saturated rings. The van der Waals surface area contributed by atoms with E-state index in [1.165, 1.54) is 19.3 Å². The smallest absolute Gasteiger partial charge is 0.321 e. The highest BCUT2D eigenvalue weighted by atomic mass is 35.5.